The third kappa shape index (κ3) is 4.07. The Kier molecular flexibility index (Phi) is 5.57. The number of benzene rings is 3. The second-order valence-corrected chi connectivity index (χ2v) is 8.26. The molecule has 0 spiro atoms. The van der Waals surface area contributed by atoms with E-state index in [9.17, 15) is 4.79 Å². The zero-order valence-corrected chi connectivity index (χ0v) is 18.7. The predicted octanol–water partition coefficient (Wildman–Crippen LogP) is 4.52. The molecule has 164 valence electrons. The summed E-state index contributed by atoms with van der Waals surface area (Å²) in [5.74, 6) is 1.47. The normalized spacial score (nSPS) is 14.6. The standard InChI is InChI=1S/C27H25N5O/c1-19-29-30-27-23(17-25(33)31(2)18-20-11-5-3-6-12-20)28-26(21-13-7-4-8-14-21)22-15-9-10-16-24(22)32(19)27/h3-16,23H,17-18H2,1-2H3. The number of aliphatic imine (C=N–C) groups is 1. The number of hydrogen-bond acceptors (Lipinski definition) is 4. The molecule has 3 aromatic carbocycles. The number of carbonyl (C=O) groups is 1. The maximum absolute atomic E-state index is 13.3. The van der Waals surface area contributed by atoms with Crippen LogP contribution >= 0.6 is 0 Å². The topological polar surface area (TPSA) is 63.4 Å². The Morgan fingerprint density at radius 3 is 2.33 bits per heavy atom. The van der Waals surface area contributed by atoms with Gasteiger partial charge in [-0.3, -0.25) is 14.4 Å². The van der Waals surface area contributed by atoms with E-state index in [0.29, 0.717) is 12.4 Å². The summed E-state index contributed by atoms with van der Waals surface area (Å²) >= 11 is 0. The molecule has 0 N–H and O–H groups in total. The lowest BCUT2D eigenvalue weighted by Gasteiger charge is -2.20. The lowest BCUT2D eigenvalue weighted by Crippen LogP contribution is -2.28. The number of carbonyl (C=O) groups excluding carboxylic acids is 1. The molecule has 1 aromatic heterocycles. The van der Waals surface area contributed by atoms with Crippen LogP contribution in [0.25, 0.3) is 5.69 Å². The first kappa shape index (κ1) is 20.8. The fourth-order valence-electron chi connectivity index (χ4n) is 4.27. The number of para-hydroxylation sites is 1. The largest absolute Gasteiger partial charge is 0.341 e. The van der Waals surface area contributed by atoms with Crippen LogP contribution in [0, 0.1) is 6.92 Å². The Hall–Kier alpha value is -4.06. The molecule has 1 aliphatic heterocycles. The van der Waals surface area contributed by atoms with Crippen molar-refractivity contribution in [3.8, 4) is 5.69 Å². The van der Waals surface area contributed by atoms with E-state index in [-0.39, 0.29) is 12.3 Å². The Balaban J connectivity index is 1.55. The highest BCUT2D eigenvalue weighted by atomic mass is 16.2. The maximum atomic E-state index is 13.3. The first-order valence-corrected chi connectivity index (χ1v) is 11.0. The van der Waals surface area contributed by atoms with E-state index in [1.807, 2.05) is 79.2 Å². The highest BCUT2D eigenvalue weighted by Crippen LogP contribution is 2.32. The van der Waals surface area contributed by atoms with E-state index >= 15 is 0 Å². The van der Waals surface area contributed by atoms with E-state index in [1.54, 1.807) is 4.90 Å². The Morgan fingerprint density at radius 2 is 1.58 bits per heavy atom. The van der Waals surface area contributed by atoms with Crippen LogP contribution in [0.3, 0.4) is 0 Å². The quantitative estimate of drug-likeness (QED) is 0.463. The first-order valence-electron chi connectivity index (χ1n) is 11.0. The van der Waals surface area contributed by atoms with Gasteiger partial charge in [-0.05, 0) is 18.6 Å². The fraction of sp³-hybridized carbons (Fsp3) is 0.185. The molecule has 0 bridgehead atoms. The van der Waals surface area contributed by atoms with E-state index in [4.69, 9.17) is 4.99 Å². The highest BCUT2D eigenvalue weighted by molar-refractivity contribution is 6.15. The zero-order valence-electron chi connectivity index (χ0n) is 18.7. The number of rotatable bonds is 5. The van der Waals surface area contributed by atoms with Gasteiger partial charge < -0.3 is 4.90 Å². The average molecular weight is 436 g/mol. The molecule has 2 heterocycles. The monoisotopic (exact) mass is 435 g/mol. The number of hydrogen-bond donors (Lipinski definition) is 0. The molecule has 5 rings (SSSR count). The van der Waals surface area contributed by atoms with Gasteiger partial charge in [0.2, 0.25) is 5.91 Å². The molecule has 1 amide bonds. The van der Waals surface area contributed by atoms with Crippen molar-refractivity contribution in [1.82, 2.24) is 19.7 Å². The smallest absolute Gasteiger partial charge is 0.225 e. The summed E-state index contributed by atoms with van der Waals surface area (Å²) in [7, 11) is 1.83. The van der Waals surface area contributed by atoms with E-state index < -0.39 is 6.04 Å². The summed E-state index contributed by atoms with van der Waals surface area (Å²) in [6.45, 7) is 2.48. The SMILES string of the molecule is Cc1nnc2n1-c1ccccc1C(c1ccccc1)=NC2CC(=O)N(C)Cc1ccccc1. The number of fused-ring (bicyclic) bond motifs is 3. The van der Waals surface area contributed by atoms with Gasteiger partial charge in [-0.1, -0.05) is 78.9 Å². The van der Waals surface area contributed by atoms with Crippen LogP contribution in [0.15, 0.2) is 89.9 Å². The lowest BCUT2D eigenvalue weighted by atomic mass is 10.0. The molecule has 6 heteroatoms. The third-order valence-corrected chi connectivity index (χ3v) is 5.94. The second kappa shape index (κ2) is 8.82. The molecule has 1 atom stereocenters. The number of amides is 1. The van der Waals surface area contributed by atoms with Gasteiger partial charge in [0.05, 0.1) is 17.8 Å². The molecule has 0 saturated heterocycles. The highest BCUT2D eigenvalue weighted by Gasteiger charge is 2.30. The van der Waals surface area contributed by atoms with E-state index in [2.05, 4.69) is 34.5 Å². The molecule has 1 unspecified atom stereocenters. The summed E-state index contributed by atoms with van der Waals surface area (Å²) in [6.07, 6.45) is 0.214. The van der Waals surface area contributed by atoms with Gasteiger partial charge in [-0.15, -0.1) is 10.2 Å². The zero-order chi connectivity index (χ0) is 22.8. The van der Waals surface area contributed by atoms with Crippen LogP contribution in [0.2, 0.25) is 0 Å². The Bertz CT molecular complexity index is 1310. The van der Waals surface area contributed by atoms with Crippen molar-refractivity contribution in [1.29, 1.82) is 0 Å². The number of aromatic nitrogens is 3. The van der Waals surface area contributed by atoms with Crippen LogP contribution < -0.4 is 0 Å². The van der Waals surface area contributed by atoms with Gasteiger partial charge in [0.15, 0.2) is 5.82 Å². The van der Waals surface area contributed by atoms with E-state index in [1.165, 1.54) is 0 Å². The molecule has 33 heavy (non-hydrogen) atoms. The minimum atomic E-state index is -0.445. The summed E-state index contributed by atoms with van der Waals surface area (Å²) < 4.78 is 2.03. The molecule has 4 aromatic rings. The van der Waals surface area contributed by atoms with Crippen LogP contribution in [-0.4, -0.2) is 38.3 Å². The van der Waals surface area contributed by atoms with Crippen molar-refractivity contribution in [2.45, 2.75) is 25.9 Å². The van der Waals surface area contributed by atoms with Crippen LogP contribution in [0.4, 0.5) is 0 Å². The van der Waals surface area contributed by atoms with Crippen LogP contribution in [-0.2, 0) is 11.3 Å². The summed E-state index contributed by atoms with van der Waals surface area (Å²) in [4.78, 5) is 20.1. The summed E-state index contributed by atoms with van der Waals surface area (Å²) in [5, 5.41) is 8.78. The number of nitrogens with zero attached hydrogens (tertiary/aromatic N) is 5. The van der Waals surface area contributed by atoms with Crippen molar-refractivity contribution < 1.29 is 4.79 Å². The van der Waals surface area contributed by atoms with Gasteiger partial charge in [0.25, 0.3) is 0 Å². The third-order valence-electron chi connectivity index (χ3n) is 5.94. The van der Waals surface area contributed by atoms with Crippen LogP contribution in [0.5, 0.6) is 0 Å². The molecule has 0 aliphatic carbocycles. The van der Waals surface area contributed by atoms with Crippen molar-refractivity contribution in [3.05, 3.63) is 113 Å². The van der Waals surface area contributed by atoms with Crippen LogP contribution in [0.1, 0.15) is 40.8 Å². The van der Waals surface area contributed by atoms with E-state index in [0.717, 1.165) is 33.9 Å². The maximum Gasteiger partial charge on any atom is 0.225 e. The van der Waals surface area contributed by atoms with Gasteiger partial charge >= 0.3 is 0 Å². The van der Waals surface area contributed by atoms with Crippen molar-refractivity contribution in [2.24, 2.45) is 4.99 Å². The molecular weight excluding hydrogens is 410 g/mol. The van der Waals surface area contributed by atoms with Gasteiger partial charge in [-0.25, -0.2) is 0 Å². The van der Waals surface area contributed by atoms with Crippen molar-refractivity contribution >= 4 is 11.6 Å². The lowest BCUT2D eigenvalue weighted by molar-refractivity contribution is -0.130. The first-order chi connectivity index (χ1) is 16.1. The van der Waals surface area contributed by atoms with Crippen molar-refractivity contribution in [3.63, 3.8) is 0 Å². The van der Waals surface area contributed by atoms with Gasteiger partial charge in [0.1, 0.15) is 11.9 Å². The molecule has 0 saturated carbocycles. The average Bonchev–Trinajstić information content (AvgIpc) is 3.17. The summed E-state index contributed by atoms with van der Waals surface area (Å²) in [5.41, 5.74) is 4.94. The minimum Gasteiger partial charge on any atom is -0.341 e. The van der Waals surface area contributed by atoms with Crippen molar-refractivity contribution in [2.75, 3.05) is 7.05 Å². The Labute approximate surface area is 193 Å². The molecule has 6 nitrogen and oxygen atoms in total. The molecular formula is C27H25N5O. The predicted molar refractivity (Wildman–Crippen MR) is 128 cm³/mol. The Morgan fingerprint density at radius 1 is 0.909 bits per heavy atom. The van der Waals surface area contributed by atoms with Gasteiger partial charge in [-0.2, -0.15) is 0 Å². The minimum absolute atomic E-state index is 0.0122. The molecule has 0 fully saturated rings. The number of aryl methyl sites for hydroxylation is 1. The second-order valence-electron chi connectivity index (χ2n) is 8.26. The fourth-order valence-corrected chi connectivity index (χ4v) is 4.27. The molecule has 0 radical (unpaired) electrons. The summed E-state index contributed by atoms with van der Waals surface area (Å²) in [6, 6.07) is 27.8. The molecule has 1 aliphatic rings. The van der Waals surface area contributed by atoms with Gasteiger partial charge in [0, 0.05) is 24.7 Å².